The van der Waals surface area contributed by atoms with Gasteiger partial charge in [-0.15, -0.1) is 0 Å². The fraction of sp³-hybridized carbons (Fsp3) is 0.571. The Hall–Kier alpha value is -0.580. The van der Waals surface area contributed by atoms with Gasteiger partial charge in [0.2, 0.25) is 0 Å². The summed E-state index contributed by atoms with van der Waals surface area (Å²) in [6, 6.07) is 6.21. The second-order valence-electron chi connectivity index (χ2n) is 4.60. The fourth-order valence-electron chi connectivity index (χ4n) is 1.69. The highest BCUT2D eigenvalue weighted by molar-refractivity contribution is 9.10. The molecule has 0 heterocycles. The molecule has 0 aliphatic heterocycles. The third kappa shape index (κ3) is 5.38. The van der Waals surface area contributed by atoms with E-state index in [0.29, 0.717) is 5.92 Å². The number of rotatable bonds is 8. The van der Waals surface area contributed by atoms with Crippen LogP contribution in [0.15, 0.2) is 22.7 Å². The number of nitrogens with one attached hydrogen (secondary N) is 1. The standard InChI is InChI=1S/C14H23BrN2O/c1-11(10-16)5-7-17-8-6-12-3-4-14(18-2)13(15)9-12/h3-4,9,11,17H,5-8,10,16H2,1-2H3. The molecule has 3 N–H and O–H groups in total. The van der Waals surface area contributed by atoms with Crippen LogP contribution in [0.25, 0.3) is 0 Å². The highest BCUT2D eigenvalue weighted by Gasteiger charge is 2.01. The predicted molar refractivity (Wildman–Crippen MR) is 80.1 cm³/mol. The van der Waals surface area contributed by atoms with Crippen LogP contribution in [0.1, 0.15) is 18.9 Å². The summed E-state index contributed by atoms with van der Waals surface area (Å²) < 4.78 is 6.22. The molecule has 18 heavy (non-hydrogen) atoms. The number of halogens is 1. The van der Waals surface area contributed by atoms with E-state index in [4.69, 9.17) is 10.5 Å². The van der Waals surface area contributed by atoms with Crippen LogP contribution in [0.2, 0.25) is 0 Å². The van der Waals surface area contributed by atoms with E-state index in [2.05, 4.69) is 40.3 Å². The van der Waals surface area contributed by atoms with Crippen molar-refractivity contribution in [2.75, 3.05) is 26.7 Å². The second kappa shape index (κ2) is 8.51. The molecule has 1 atom stereocenters. The van der Waals surface area contributed by atoms with Crippen molar-refractivity contribution in [3.05, 3.63) is 28.2 Å². The summed E-state index contributed by atoms with van der Waals surface area (Å²) in [5.41, 5.74) is 6.88. The monoisotopic (exact) mass is 314 g/mol. The maximum Gasteiger partial charge on any atom is 0.133 e. The van der Waals surface area contributed by atoms with Gasteiger partial charge in [-0.25, -0.2) is 0 Å². The normalized spacial score (nSPS) is 12.4. The Balaban J connectivity index is 2.25. The molecule has 1 unspecified atom stereocenters. The van der Waals surface area contributed by atoms with Gasteiger partial charge in [0.1, 0.15) is 5.75 Å². The number of benzene rings is 1. The molecule has 0 amide bonds. The van der Waals surface area contributed by atoms with Crippen LogP contribution in [0.4, 0.5) is 0 Å². The number of ether oxygens (including phenoxy) is 1. The largest absolute Gasteiger partial charge is 0.496 e. The van der Waals surface area contributed by atoms with Crippen molar-refractivity contribution in [1.82, 2.24) is 5.32 Å². The first-order valence-electron chi connectivity index (χ1n) is 6.40. The van der Waals surface area contributed by atoms with E-state index >= 15 is 0 Å². The van der Waals surface area contributed by atoms with E-state index in [0.717, 1.165) is 42.7 Å². The molecule has 1 aromatic carbocycles. The molecular formula is C14H23BrN2O. The molecule has 0 aliphatic rings. The Labute approximate surface area is 118 Å². The second-order valence-corrected chi connectivity index (χ2v) is 5.45. The van der Waals surface area contributed by atoms with Gasteiger partial charge < -0.3 is 15.8 Å². The topological polar surface area (TPSA) is 47.3 Å². The summed E-state index contributed by atoms with van der Waals surface area (Å²) in [5.74, 6) is 1.48. The molecule has 4 heteroatoms. The molecule has 102 valence electrons. The van der Waals surface area contributed by atoms with E-state index in [1.54, 1.807) is 7.11 Å². The van der Waals surface area contributed by atoms with Gasteiger partial charge in [-0.05, 0) is 72.0 Å². The van der Waals surface area contributed by atoms with Gasteiger partial charge in [0.15, 0.2) is 0 Å². The van der Waals surface area contributed by atoms with E-state index in [-0.39, 0.29) is 0 Å². The molecule has 0 spiro atoms. The minimum Gasteiger partial charge on any atom is -0.496 e. The van der Waals surface area contributed by atoms with E-state index in [9.17, 15) is 0 Å². The van der Waals surface area contributed by atoms with Gasteiger partial charge in [-0.3, -0.25) is 0 Å². The molecule has 0 bridgehead atoms. The molecule has 1 rings (SSSR count). The summed E-state index contributed by atoms with van der Waals surface area (Å²) in [4.78, 5) is 0. The van der Waals surface area contributed by atoms with Gasteiger partial charge in [-0.2, -0.15) is 0 Å². The Kier molecular flexibility index (Phi) is 7.32. The van der Waals surface area contributed by atoms with E-state index in [1.165, 1.54) is 5.56 Å². The van der Waals surface area contributed by atoms with Crippen LogP contribution >= 0.6 is 15.9 Å². The predicted octanol–water partition coefficient (Wildman–Crippen LogP) is 2.57. The van der Waals surface area contributed by atoms with Crippen molar-refractivity contribution in [2.24, 2.45) is 11.7 Å². The van der Waals surface area contributed by atoms with Crippen molar-refractivity contribution in [3.63, 3.8) is 0 Å². The van der Waals surface area contributed by atoms with Crippen molar-refractivity contribution < 1.29 is 4.74 Å². The molecule has 1 aromatic rings. The van der Waals surface area contributed by atoms with Gasteiger partial charge in [0.25, 0.3) is 0 Å². The smallest absolute Gasteiger partial charge is 0.133 e. The lowest BCUT2D eigenvalue weighted by Crippen LogP contribution is -2.22. The van der Waals surface area contributed by atoms with Gasteiger partial charge in [0, 0.05) is 0 Å². The molecule has 0 aliphatic carbocycles. The molecule has 3 nitrogen and oxygen atoms in total. The molecule has 0 fully saturated rings. The Morgan fingerprint density at radius 1 is 1.39 bits per heavy atom. The zero-order chi connectivity index (χ0) is 13.4. The third-order valence-corrected chi connectivity index (χ3v) is 3.64. The summed E-state index contributed by atoms with van der Waals surface area (Å²) in [6.45, 7) is 4.99. The van der Waals surface area contributed by atoms with Crippen molar-refractivity contribution in [2.45, 2.75) is 19.8 Å². The van der Waals surface area contributed by atoms with Crippen molar-refractivity contribution in [3.8, 4) is 5.75 Å². The van der Waals surface area contributed by atoms with E-state index < -0.39 is 0 Å². The molecule has 0 saturated heterocycles. The van der Waals surface area contributed by atoms with E-state index in [1.807, 2.05) is 6.07 Å². The summed E-state index contributed by atoms with van der Waals surface area (Å²) in [5, 5.41) is 3.45. The fourth-order valence-corrected chi connectivity index (χ4v) is 2.28. The lowest BCUT2D eigenvalue weighted by atomic mass is 10.1. The summed E-state index contributed by atoms with van der Waals surface area (Å²) in [7, 11) is 1.68. The number of methoxy groups -OCH3 is 1. The first kappa shape index (κ1) is 15.5. The van der Waals surface area contributed by atoms with Crippen LogP contribution in [-0.4, -0.2) is 26.7 Å². The highest BCUT2D eigenvalue weighted by atomic mass is 79.9. The highest BCUT2D eigenvalue weighted by Crippen LogP contribution is 2.25. The molecule has 0 radical (unpaired) electrons. The van der Waals surface area contributed by atoms with Crippen molar-refractivity contribution >= 4 is 15.9 Å². The Morgan fingerprint density at radius 3 is 2.78 bits per heavy atom. The lowest BCUT2D eigenvalue weighted by molar-refractivity contribution is 0.412. The number of hydrogen-bond acceptors (Lipinski definition) is 3. The van der Waals surface area contributed by atoms with Crippen LogP contribution in [0.5, 0.6) is 5.75 Å². The maximum absolute atomic E-state index is 5.58. The average Bonchev–Trinajstić information content (AvgIpc) is 2.38. The average molecular weight is 315 g/mol. The maximum atomic E-state index is 5.58. The van der Waals surface area contributed by atoms with Gasteiger partial charge in [0.05, 0.1) is 11.6 Å². The Morgan fingerprint density at radius 2 is 2.17 bits per heavy atom. The summed E-state index contributed by atoms with van der Waals surface area (Å²) in [6.07, 6.45) is 2.17. The first-order valence-corrected chi connectivity index (χ1v) is 7.20. The third-order valence-electron chi connectivity index (χ3n) is 3.02. The number of nitrogens with two attached hydrogens (primary N) is 1. The molecule has 0 aromatic heterocycles. The minimum atomic E-state index is 0.604. The summed E-state index contributed by atoms with van der Waals surface area (Å²) >= 11 is 3.50. The quantitative estimate of drug-likeness (QED) is 0.725. The molecular weight excluding hydrogens is 292 g/mol. The zero-order valence-electron chi connectivity index (χ0n) is 11.2. The number of hydrogen-bond donors (Lipinski definition) is 2. The van der Waals surface area contributed by atoms with Crippen LogP contribution in [0.3, 0.4) is 0 Å². The van der Waals surface area contributed by atoms with Crippen LogP contribution in [-0.2, 0) is 6.42 Å². The minimum absolute atomic E-state index is 0.604. The van der Waals surface area contributed by atoms with Crippen molar-refractivity contribution in [1.29, 1.82) is 0 Å². The van der Waals surface area contributed by atoms with Gasteiger partial charge >= 0.3 is 0 Å². The van der Waals surface area contributed by atoms with Gasteiger partial charge in [-0.1, -0.05) is 13.0 Å². The lowest BCUT2D eigenvalue weighted by Gasteiger charge is -2.10. The zero-order valence-corrected chi connectivity index (χ0v) is 12.8. The van der Waals surface area contributed by atoms with Crippen LogP contribution < -0.4 is 15.8 Å². The Bertz CT molecular complexity index is 358. The first-order chi connectivity index (χ1) is 8.67. The SMILES string of the molecule is COc1ccc(CCNCCC(C)CN)cc1Br. The molecule has 0 saturated carbocycles. The van der Waals surface area contributed by atoms with Crippen LogP contribution in [0, 0.1) is 5.92 Å².